The van der Waals surface area contributed by atoms with Crippen LogP contribution in [0.2, 0.25) is 0 Å². The molecular formula is C8H16O3. The Hall–Kier alpha value is -0.120. The summed E-state index contributed by atoms with van der Waals surface area (Å²) in [4.78, 5) is 0. The molecule has 1 saturated carbocycles. The number of hydrogen-bond acceptors (Lipinski definition) is 3. The summed E-state index contributed by atoms with van der Waals surface area (Å²) in [6, 6.07) is 0. The molecule has 0 heterocycles. The topological polar surface area (TPSA) is 38.7 Å². The number of rotatable bonds is 2. The molecule has 1 aliphatic carbocycles. The van der Waals surface area contributed by atoms with Gasteiger partial charge in [-0.2, -0.15) is 0 Å². The molecule has 3 nitrogen and oxygen atoms in total. The van der Waals surface area contributed by atoms with Crippen LogP contribution in [0.4, 0.5) is 0 Å². The Labute approximate surface area is 67.3 Å². The second-order valence-electron chi connectivity index (χ2n) is 3.08. The first-order valence-corrected chi connectivity index (χ1v) is 4.00. The lowest BCUT2D eigenvalue weighted by Gasteiger charge is -2.30. The van der Waals surface area contributed by atoms with Gasteiger partial charge in [0.1, 0.15) is 0 Å². The maximum atomic E-state index is 9.35. The van der Waals surface area contributed by atoms with Crippen LogP contribution in [0.15, 0.2) is 0 Å². The maximum absolute atomic E-state index is 9.35. The van der Waals surface area contributed by atoms with E-state index in [1.807, 2.05) is 0 Å². The molecule has 1 rings (SSSR count). The summed E-state index contributed by atoms with van der Waals surface area (Å²) in [5.41, 5.74) is 0. The van der Waals surface area contributed by atoms with Gasteiger partial charge >= 0.3 is 0 Å². The molecule has 0 aromatic carbocycles. The fourth-order valence-corrected chi connectivity index (χ4v) is 1.57. The van der Waals surface area contributed by atoms with E-state index in [1.54, 1.807) is 14.2 Å². The van der Waals surface area contributed by atoms with Crippen molar-refractivity contribution in [1.29, 1.82) is 0 Å². The zero-order valence-electron chi connectivity index (χ0n) is 7.12. The van der Waals surface area contributed by atoms with Gasteiger partial charge in [-0.25, -0.2) is 0 Å². The Morgan fingerprint density at radius 3 is 1.82 bits per heavy atom. The Morgan fingerprint density at radius 2 is 1.45 bits per heavy atom. The molecule has 1 fully saturated rings. The Bertz CT molecular complexity index is 104. The van der Waals surface area contributed by atoms with Crippen molar-refractivity contribution in [3.63, 3.8) is 0 Å². The first kappa shape index (κ1) is 8.97. The summed E-state index contributed by atoms with van der Waals surface area (Å²) < 4.78 is 10.3. The summed E-state index contributed by atoms with van der Waals surface area (Å²) in [7, 11) is 3.35. The molecule has 0 bridgehead atoms. The third kappa shape index (κ3) is 2.43. The van der Waals surface area contributed by atoms with E-state index in [4.69, 9.17) is 9.47 Å². The zero-order valence-corrected chi connectivity index (χ0v) is 7.12. The highest BCUT2D eigenvalue weighted by Crippen LogP contribution is 2.22. The van der Waals surface area contributed by atoms with Gasteiger partial charge in [-0.3, -0.25) is 0 Å². The lowest BCUT2D eigenvalue weighted by Crippen LogP contribution is -2.34. The van der Waals surface area contributed by atoms with E-state index in [2.05, 4.69) is 0 Å². The predicted octanol–water partition coefficient (Wildman–Crippen LogP) is 0.561. The average molecular weight is 160 g/mol. The smallest absolute Gasteiger partial charge is 0.0620 e. The molecule has 0 spiro atoms. The molecule has 0 aromatic heterocycles. The molecule has 3 heteroatoms. The highest BCUT2D eigenvalue weighted by atomic mass is 16.5. The van der Waals surface area contributed by atoms with Crippen molar-refractivity contribution in [2.45, 2.75) is 37.6 Å². The molecular weight excluding hydrogens is 144 g/mol. The molecule has 66 valence electrons. The minimum absolute atomic E-state index is 0.170. The van der Waals surface area contributed by atoms with E-state index < -0.39 is 0 Å². The van der Waals surface area contributed by atoms with Crippen molar-refractivity contribution >= 4 is 0 Å². The van der Waals surface area contributed by atoms with Gasteiger partial charge in [0.05, 0.1) is 18.3 Å². The van der Waals surface area contributed by atoms with Gasteiger partial charge in [-0.15, -0.1) is 0 Å². The van der Waals surface area contributed by atoms with Crippen LogP contribution in [0.3, 0.4) is 0 Å². The van der Waals surface area contributed by atoms with E-state index in [0.29, 0.717) is 0 Å². The molecule has 11 heavy (non-hydrogen) atoms. The number of aliphatic hydroxyl groups excluding tert-OH is 1. The van der Waals surface area contributed by atoms with Gasteiger partial charge in [0.25, 0.3) is 0 Å². The quantitative estimate of drug-likeness (QED) is 0.641. The van der Waals surface area contributed by atoms with Crippen LogP contribution >= 0.6 is 0 Å². The molecule has 0 aromatic rings. The van der Waals surface area contributed by atoms with Crippen LogP contribution in [0, 0.1) is 0 Å². The molecule has 1 N–H and O–H groups in total. The Kier molecular flexibility index (Phi) is 3.30. The first-order chi connectivity index (χ1) is 5.26. The van der Waals surface area contributed by atoms with Crippen LogP contribution in [-0.2, 0) is 9.47 Å². The molecule has 0 saturated heterocycles. The van der Waals surface area contributed by atoms with E-state index in [0.717, 1.165) is 19.3 Å². The van der Waals surface area contributed by atoms with Crippen molar-refractivity contribution in [2.75, 3.05) is 14.2 Å². The highest BCUT2D eigenvalue weighted by Gasteiger charge is 2.27. The van der Waals surface area contributed by atoms with Crippen LogP contribution < -0.4 is 0 Å². The van der Waals surface area contributed by atoms with Crippen molar-refractivity contribution in [3.8, 4) is 0 Å². The van der Waals surface area contributed by atoms with Crippen LogP contribution in [0.25, 0.3) is 0 Å². The Balaban J connectivity index is 2.37. The lowest BCUT2D eigenvalue weighted by atomic mass is 9.92. The monoisotopic (exact) mass is 160 g/mol. The predicted molar refractivity (Wildman–Crippen MR) is 41.5 cm³/mol. The van der Waals surface area contributed by atoms with Crippen LogP contribution in [-0.4, -0.2) is 37.6 Å². The summed E-state index contributed by atoms with van der Waals surface area (Å²) >= 11 is 0. The average Bonchev–Trinajstić information content (AvgIpc) is 2.03. The second kappa shape index (κ2) is 4.04. The summed E-state index contributed by atoms with van der Waals surface area (Å²) in [6.07, 6.45) is 2.49. The number of ether oxygens (including phenoxy) is 2. The lowest BCUT2D eigenvalue weighted by molar-refractivity contribution is -0.0569. The first-order valence-electron chi connectivity index (χ1n) is 4.00. The third-order valence-corrected chi connectivity index (χ3v) is 2.26. The summed E-state index contributed by atoms with van der Waals surface area (Å²) in [6.45, 7) is 0. The third-order valence-electron chi connectivity index (χ3n) is 2.26. The fraction of sp³-hybridized carbons (Fsp3) is 1.00. The van der Waals surface area contributed by atoms with Crippen LogP contribution in [0.5, 0.6) is 0 Å². The van der Waals surface area contributed by atoms with E-state index in [9.17, 15) is 5.11 Å². The van der Waals surface area contributed by atoms with Crippen molar-refractivity contribution in [1.82, 2.24) is 0 Å². The van der Waals surface area contributed by atoms with Gasteiger partial charge in [-0.05, 0) is 19.3 Å². The van der Waals surface area contributed by atoms with E-state index in [-0.39, 0.29) is 18.3 Å². The fourth-order valence-electron chi connectivity index (χ4n) is 1.57. The summed E-state index contributed by atoms with van der Waals surface area (Å²) in [5, 5.41) is 9.35. The zero-order chi connectivity index (χ0) is 8.27. The minimum Gasteiger partial charge on any atom is -0.393 e. The number of aliphatic hydroxyl groups is 1. The van der Waals surface area contributed by atoms with Crippen molar-refractivity contribution < 1.29 is 14.6 Å². The van der Waals surface area contributed by atoms with Gasteiger partial charge < -0.3 is 14.6 Å². The number of hydrogen-bond donors (Lipinski definition) is 1. The van der Waals surface area contributed by atoms with E-state index >= 15 is 0 Å². The molecule has 0 amide bonds. The van der Waals surface area contributed by atoms with Gasteiger partial charge in [-0.1, -0.05) is 0 Å². The maximum Gasteiger partial charge on any atom is 0.0620 e. The standard InChI is InChI=1S/C8H16O3/c1-10-7-3-6(9)4-8(5-7)11-2/h6-9H,3-5H2,1-2H3/t7-,8-/m1/s1. The SMILES string of the molecule is CO[C@@H]1CC(O)C[C@@H](OC)C1. The molecule has 0 aliphatic heterocycles. The second-order valence-corrected chi connectivity index (χ2v) is 3.08. The Morgan fingerprint density at radius 1 is 1.00 bits per heavy atom. The van der Waals surface area contributed by atoms with Crippen molar-refractivity contribution in [3.05, 3.63) is 0 Å². The molecule has 0 unspecified atom stereocenters. The van der Waals surface area contributed by atoms with Gasteiger partial charge in [0.15, 0.2) is 0 Å². The number of methoxy groups -OCH3 is 2. The molecule has 1 aliphatic rings. The normalized spacial score (nSPS) is 39.0. The van der Waals surface area contributed by atoms with Gasteiger partial charge in [0, 0.05) is 14.2 Å². The largest absolute Gasteiger partial charge is 0.393 e. The van der Waals surface area contributed by atoms with E-state index in [1.165, 1.54) is 0 Å². The minimum atomic E-state index is -0.251. The molecule has 2 atom stereocenters. The van der Waals surface area contributed by atoms with Gasteiger partial charge in [0.2, 0.25) is 0 Å². The van der Waals surface area contributed by atoms with Crippen molar-refractivity contribution in [2.24, 2.45) is 0 Å². The molecule has 0 radical (unpaired) electrons. The summed E-state index contributed by atoms with van der Waals surface area (Å²) in [5.74, 6) is 0. The highest BCUT2D eigenvalue weighted by molar-refractivity contribution is 4.79. The van der Waals surface area contributed by atoms with Crippen LogP contribution in [0.1, 0.15) is 19.3 Å².